The third-order valence-corrected chi connectivity index (χ3v) is 5.86. The van der Waals surface area contributed by atoms with Crippen LogP contribution in [0.5, 0.6) is 0 Å². The van der Waals surface area contributed by atoms with Crippen molar-refractivity contribution in [2.45, 2.75) is 13.0 Å². The predicted molar refractivity (Wildman–Crippen MR) is 109 cm³/mol. The van der Waals surface area contributed by atoms with Gasteiger partial charge in [0.2, 0.25) is 5.91 Å². The minimum atomic E-state index is -0.348. The molecule has 0 fully saturated rings. The second-order valence-electron chi connectivity index (χ2n) is 6.92. The molecule has 1 aromatic heterocycles. The maximum Gasteiger partial charge on any atom is 0.261 e. The van der Waals surface area contributed by atoms with Gasteiger partial charge >= 0.3 is 0 Å². The zero-order valence-corrected chi connectivity index (χ0v) is 16.3. The zero-order chi connectivity index (χ0) is 20.8. The van der Waals surface area contributed by atoms with E-state index in [0.29, 0.717) is 32.4 Å². The first kappa shape index (κ1) is 18.2. The molecule has 3 aromatic rings. The number of nitrogens with one attached hydrogen (secondary N) is 2. The van der Waals surface area contributed by atoms with Gasteiger partial charge in [0, 0.05) is 22.3 Å². The van der Waals surface area contributed by atoms with Crippen molar-refractivity contribution in [1.82, 2.24) is 9.88 Å². The SMILES string of the molecule is O=C1Cc2cc(C(=O)Nc3ncc(CN4C(=O)c5ccccc5C4=O)s3)ccc2N1. The molecule has 0 bridgehead atoms. The summed E-state index contributed by atoms with van der Waals surface area (Å²) in [5.74, 6) is -1.12. The summed E-state index contributed by atoms with van der Waals surface area (Å²) in [6.45, 7) is 0.0898. The van der Waals surface area contributed by atoms with Crippen molar-refractivity contribution in [1.29, 1.82) is 0 Å². The minimum absolute atomic E-state index is 0.0898. The van der Waals surface area contributed by atoms with Gasteiger partial charge in [-0.25, -0.2) is 4.98 Å². The molecular formula is C21H14N4O4S. The Balaban J connectivity index is 1.28. The largest absolute Gasteiger partial charge is 0.326 e. The van der Waals surface area contributed by atoms with Crippen LogP contribution in [0.15, 0.2) is 48.7 Å². The highest BCUT2D eigenvalue weighted by molar-refractivity contribution is 7.15. The van der Waals surface area contributed by atoms with Crippen LogP contribution < -0.4 is 10.6 Å². The van der Waals surface area contributed by atoms with Crippen LogP contribution in [0.25, 0.3) is 0 Å². The average molecular weight is 418 g/mol. The van der Waals surface area contributed by atoms with Crippen LogP contribution in [0.2, 0.25) is 0 Å². The molecule has 0 unspecified atom stereocenters. The van der Waals surface area contributed by atoms with Crippen LogP contribution >= 0.6 is 11.3 Å². The molecular weight excluding hydrogens is 404 g/mol. The summed E-state index contributed by atoms with van der Waals surface area (Å²) >= 11 is 1.20. The quantitative estimate of drug-likeness (QED) is 0.634. The molecule has 0 atom stereocenters. The highest BCUT2D eigenvalue weighted by Gasteiger charge is 2.35. The topological polar surface area (TPSA) is 108 Å². The first-order valence-corrected chi connectivity index (χ1v) is 9.95. The Morgan fingerprint density at radius 1 is 1.10 bits per heavy atom. The van der Waals surface area contributed by atoms with Gasteiger partial charge in [0.1, 0.15) is 0 Å². The number of imide groups is 1. The van der Waals surface area contributed by atoms with Crippen LogP contribution in [0, 0.1) is 0 Å². The minimum Gasteiger partial charge on any atom is -0.326 e. The van der Waals surface area contributed by atoms with E-state index in [0.717, 1.165) is 5.56 Å². The van der Waals surface area contributed by atoms with Gasteiger partial charge in [-0.05, 0) is 35.9 Å². The Kier molecular flexibility index (Phi) is 4.18. The van der Waals surface area contributed by atoms with E-state index < -0.39 is 0 Å². The number of fused-ring (bicyclic) bond motifs is 2. The second kappa shape index (κ2) is 6.89. The smallest absolute Gasteiger partial charge is 0.261 e. The number of carbonyl (C=O) groups is 4. The van der Waals surface area contributed by atoms with Crippen molar-refractivity contribution in [2.75, 3.05) is 10.6 Å². The number of hydrogen-bond donors (Lipinski definition) is 2. The van der Waals surface area contributed by atoms with Gasteiger partial charge in [0.15, 0.2) is 5.13 Å². The third kappa shape index (κ3) is 3.05. The number of benzene rings is 2. The number of anilines is 2. The molecule has 0 radical (unpaired) electrons. The fraction of sp³-hybridized carbons (Fsp3) is 0.0952. The van der Waals surface area contributed by atoms with Gasteiger partial charge in [-0.2, -0.15) is 0 Å². The van der Waals surface area contributed by atoms with Crippen LogP contribution in [0.1, 0.15) is 41.5 Å². The van der Waals surface area contributed by atoms with Crippen molar-refractivity contribution >= 4 is 45.8 Å². The Bertz CT molecular complexity index is 1210. The lowest BCUT2D eigenvalue weighted by molar-refractivity contribution is -0.115. The van der Waals surface area contributed by atoms with Gasteiger partial charge in [0.05, 0.1) is 24.1 Å². The van der Waals surface area contributed by atoms with Crippen molar-refractivity contribution in [3.8, 4) is 0 Å². The highest BCUT2D eigenvalue weighted by Crippen LogP contribution is 2.28. The van der Waals surface area contributed by atoms with E-state index in [1.54, 1.807) is 42.5 Å². The number of rotatable bonds is 4. The standard InChI is InChI=1S/C21H14N4O4S/c26-17-8-12-7-11(5-6-16(12)23-17)18(27)24-21-22-9-13(30-21)10-25-19(28)14-3-1-2-4-15(14)20(25)29/h1-7,9H,8,10H2,(H,23,26)(H,22,24,27). The Hall–Kier alpha value is -3.85. The van der Waals surface area contributed by atoms with Crippen LogP contribution in [0.3, 0.4) is 0 Å². The highest BCUT2D eigenvalue weighted by atomic mass is 32.1. The van der Waals surface area contributed by atoms with E-state index in [1.807, 2.05) is 0 Å². The summed E-state index contributed by atoms with van der Waals surface area (Å²) in [6, 6.07) is 11.7. The number of carbonyl (C=O) groups excluding carboxylic acids is 4. The van der Waals surface area contributed by atoms with E-state index in [4.69, 9.17) is 0 Å². The van der Waals surface area contributed by atoms with Crippen LogP contribution in [0.4, 0.5) is 10.8 Å². The van der Waals surface area contributed by atoms with Crippen molar-refractivity contribution in [2.24, 2.45) is 0 Å². The summed E-state index contributed by atoms with van der Waals surface area (Å²) in [5.41, 5.74) is 2.70. The fourth-order valence-electron chi connectivity index (χ4n) is 3.52. The molecule has 9 heteroatoms. The molecule has 5 rings (SSSR count). The maximum absolute atomic E-state index is 12.5. The molecule has 4 amide bonds. The van der Waals surface area contributed by atoms with Crippen molar-refractivity contribution < 1.29 is 19.2 Å². The number of aromatic nitrogens is 1. The maximum atomic E-state index is 12.5. The van der Waals surface area contributed by atoms with E-state index >= 15 is 0 Å². The molecule has 2 aromatic carbocycles. The summed E-state index contributed by atoms with van der Waals surface area (Å²) in [4.78, 5) is 55.0. The summed E-state index contributed by atoms with van der Waals surface area (Å²) in [7, 11) is 0. The van der Waals surface area contributed by atoms with Gasteiger partial charge in [0.25, 0.3) is 17.7 Å². The number of nitrogens with zero attached hydrogens (tertiary/aromatic N) is 2. The average Bonchev–Trinajstić information content (AvgIpc) is 3.40. The normalized spacial score (nSPS) is 14.5. The van der Waals surface area contributed by atoms with Gasteiger partial charge < -0.3 is 5.32 Å². The first-order chi connectivity index (χ1) is 14.5. The molecule has 0 saturated carbocycles. The Morgan fingerprint density at radius 2 is 1.83 bits per heavy atom. The molecule has 30 heavy (non-hydrogen) atoms. The Labute approximate surface area is 174 Å². The summed E-state index contributed by atoms with van der Waals surface area (Å²) in [6.07, 6.45) is 1.78. The zero-order valence-electron chi connectivity index (χ0n) is 15.5. The van der Waals surface area contributed by atoms with Crippen molar-refractivity contribution in [3.63, 3.8) is 0 Å². The van der Waals surface area contributed by atoms with E-state index in [9.17, 15) is 19.2 Å². The first-order valence-electron chi connectivity index (χ1n) is 9.13. The Morgan fingerprint density at radius 3 is 2.57 bits per heavy atom. The van der Waals surface area contributed by atoms with E-state index in [-0.39, 0.29) is 36.6 Å². The van der Waals surface area contributed by atoms with Crippen LogP contribution in [-0.4, -0.2) is 33.5 Å². The predicted octanol–water partition coefficient (Wildman–Crippen LogP) is 2.69. The molecule has 0 spiro atoms. The molecule has 3 heterocycles. The fourth-order valence-corrected chi connectivity index (χ4v) is 4.31. The lowest BCUT2D eigenvalue weighted by Gasteiger charge is -2.11. The van der Waals surface area contributed by atoms with Gasteiger partial charge in [-0.3, -0.25) is 29.4 Å². The van der Waals surface area contributed by atoms with Crippen LogP contribution in [-0.2, 0) is 17.8 Å². The molecule has 2 aliphatic heterocycles. The number of amides is 4. The lowest BCUT2D eigenvalue weighted by Crippen LogP contribution is -2.28. The molecule has 2 aliphatic rings. The third-order valence-electron chi connectivity index (χ3n) is 4.96. The lowest BCUT2D eigenvalue weighted by atomic mass is 10.1. The number of thiazole rings is 1. The second-order valence-corrected chi connectivity index (χ2v) is 8.04. The van der Waals surface area contributed by atoms with Gasteiger partial charge in [-0.15, -0.1) is 0 Å². The molecule has 2 N–H and O–H groups in total. The summed E-state index contributed by atoms with van der Waals surface area (Å²) < 4.78 is 0. The van der Waals surface area contributed by atoms with E-state index in [2.05, 4.69) is 15.6 Å². The number of hydrogen-bond acceptors (Lipinski definition) is 6. The molecule has 8 nitrogen and oxygen atoms in total. The van der Waals surface area contributed by atoms with E-state index in [1.165, 1.54) is 22.4 Å². The molecule has 0 aliphatic carbocycles. The van der Waals surface area contributed by atoms with Crippen molar-refractivity contribution in [3.05, 3.63) is 75.8 Å². The molecule has 0 saturated heterocycles. The van der Waals surface area contributed by atoms with Gasteiger partial charge in [-0.1, -0.05) is 23.5 Å². The molecule has 148 valence electrons. The summed E-state index contributed by atoms with van der Waals surface area (Å²) in [5, 5.41) is 5.81. The monoisotopic (exact) mass is 418 g/mol.